The second-order valence-electron chi connectivity index (χ2n) is 7.10. The SMILES string of the molecule is O=C(Cc1noc2ccccc12)N1CCC(c2nc3ccccc3[nH]2)CC1. The monoisotopic (exact) mass is 360 g/mol. The minimum Gasteiger partial charge on any atom is -0.356 e. The van der Waals surface area contributed by atoms with Crippen LogP contribution in [0.3, 0.4) is 0 Å². The molecule has 0 radical (unpaired) electrons. The van der Waals surface area contributed by atoms with Gasteiger partial charge in [-0.3, -0.25) is 4.79 Å². The zero-order chi connectivity index (χ0) is 18.2. The van der Waals surface area contributed by atoms with Gasteiger partial charge in [-0.25, -0.2) is 4.98 Å². The third kappa shape index (κ3) is 2.97. The van der Waals surface area contributed by atoms with Gasteiger partial charge in [-0.2, -0.15) is 0 Å². The van der Waals surface area contributed by atoms with Crippen LogP contribution in [0.1, 0.15) is 30.3 Å². The highest BCUT2D eigenvalue weighted by molar-refractivity contribution is 5.86. The summed E-state index contributed by atoms with van der Waals surface area (Å²) < 4.78 is 5.31. The highest BCUT2D eigenvalue weighted by Crippen LogP contribution is 2.28. The number of nitrogens with zero attached hydrogens (tertiary/aromatic N) is 3. The molecule has 0 aliphatic carbocycles. The molecule has 136 valence electrons. The second-order valence-corrected chi connectivity index (χ2v) is 7.10. The van der Waals surface area contributed by atoms with Crippen LogP contribution in [-0.2, 0) is 11.2 Å². The van der Waals surface area contributed by atoms with E-state index in [-0.39, 0.29) is 12.3 Å². The number of carbonyl (C=O) groups excluding carboxylic acids is 1. The quantitative estimate of drug-likeness (QED) is 0.605. The molecule has 0 saturated carbocycles. The fourth-order valence-electron chi connectivity index (χ4n) is 3.89. The number of benzene rings is 2. The van der Waals surface area contributed by atoms with Gasteiger partial charge in [-0.15, -0.1) is 0 Å². The number of aromatic amines is 1. The molecular weight excluding hydrogens is 340 g/mol. The Kier molecular flexibility index (Phi) is 3.89. The molecule has 0 atom stereocenters. The molecule has 27 heavy (non-hydrogen) atoms. The molecule has 2 aromatic heterocycles. The van der Waals surface area contributed by atoms with Crippen molar-refractivity contribution >= 4 is 27.9 Å². The van der Waals surface area contributed by atoms with E-state index in [1.807, 2.05) is 53.4 Å². The lowest BCUT2D eigenvalue weighted by Gasteiger charge is -2.31. The molecule has 4 aromatic rings. The standard InChI is InChI=1S/C21H20N4O2/c26-20(13-18-15-5-1-4-8-19(15)27-24-18)25-11-9-14(10-12-25)21-22-16-6-2-3-7-17(16)23-21/h1-8,14H,9-13H2,(H,22,23). The van der Waals surface area contributed by atoms with E-state index >= 15 is 0 Å². The number of hydrogen-bond acceptors (Lipinski definition) is 4. The maximum Gasteiger partial charge on any atom is 0.228 e. The molecule has 0 bridgehead atoms. The Balaban J connectivity index is 1.25. The van der Waals surface area contributed by atoms with Gasteiger partial charge in [0.05, 0.1) is 17.5 Å². The highest BCUT2D eigenvalue weighted by atomic mass is 16.5. The van der Waals surface area contributed by atoms with Gasteiger partial charge >= 0.3 is 0 Å². The van der Waals surface area contributed by atoms with Gasteiger partial charge in [0.1, 0.15) is 11.5 Å². The molecule has 0 spiro atoms. The number of piperidine rings is 1. The highest BCUT2D eigenvalue weighted by Gasteiger charge is 2.26. The summed E-state index contributed by atoms with van der Waals surface area (Å²) in [7, 11) is 0. The first kappa shape index (κ1) is 16.1. The number of carbonyl (C=O) groups is 1. The summed E-state index contributed by atoms with van der Waals surface area (Å²) in [6.45, 7) is 1.49. The molecule has 0 unspecified atom stereocenters. The Morgan fingerprint density at radius 1 is 1.11 bits per heavy atom. The summed E-state index contributed by atoms with van der Waals surface area (Å²) in [5, 5.41) is 5.00. The van der Waals surface area contributed by atoms with Crippen molar-refractivity contribution in [3.63, 3.8) is 0 Å². The van der Waals surface area contributed by atoms with Crippen molar-refractivity contribution in [1.29, 1.82) is 0 Å². The molecule has 3 heterocycles. The van der Waals surface area contributed by atoms with Crippen LogP contribution >= 0.6 is 0 Å². The van der Waals surface area contributed by atoms with E-state index in [4.69, 9.17) is 9.51 Å². The normalized spacial score (nSPS) is 15.6. The topological polar surface area (TPSA) is 75.0 Å². The fraction of sp³-hybridized carbons (Fsp3) is 0.286. The number of nitrogens with one attached hydrogen (secondary N) is 1. The Morgan fingerprint density at radius 2 is 1.89 bits per heavy atom. The zero-order valence-corrected chi connectivity index (χ0v) is 14.9. The lowest BCUT2D eigenvalue weighted by molar-refractivity contribution is -0.131. The van der Waals surface area contributed by atoms with Crippen molar-refractivity contribution in [2.75, 3.05) is 13.1 Å². The van der Waals surface area contributed by atoms with Crippen LogP contribution in [-0.4, -0.2) is 39.0 Å². The van der Waals surface area contributed by atoms with E-state index in [1.54, 1.807) is 0 Å². The maximum absolute atomic E-state index is 12.7. The number of para-hydroxylation sites is 3. The van der Waals surface area contributed by atoms with Crippen LogP contribution in [0, 0.1) is 0 Å². The number of rotatable bonds is 3. The predicted molar refractivity (Wildman–Crippen MR) is 102 cm³/mol. The number of aromatic nitrogens is 3. The van der Waals surface area contributed by atoms with Crippen LogP contribution in [0.4, 0.5) is 0 Å². The average molecular weight is 360 g/mol. The van der Waals surface area contributed by atoms with Crippen molar-refractivity contribution in [3.05, 3.63) is 60.0 Å². The van der Waals surface area contributed by atoms with Gasteiger partial charge in [0.15, 0.2) is 5.58 Å². The molecule has 1 amide bonds. The Labute approximate surface area is 156 Å². The van der Waals surface area contributed by atoms with E-state index < -0.39 is 0 Å². The summed E-state index contributed by atoms with van der Waals surface area (Å²) in [5.74, 6) is 1.51. The van der Waals surface area contributed by atoms with Crippen LogP contribution in [0.25, 0.3) is 22.0 Å². The van der Waals surface area contributed by atoms with Gasteiger partial charge in [-0.1, -0.05) is 29.4 Å². The Bertz CT molecular complexity index is 1070. The summed E-state index contributed by atoms with van der Waals surface area (Å²) in [6, 6.07) is 15.7. The third-order valence-corrected chi connectivity index (χ3v) is 5.41. The molecule has 1 aliphatic rings. The first-order valence-corrected chi connectivity index (χ1v) is 9.33. The first-order chi connectivity index (χ1) is 13.3. The summed E-state index contributed by atoms with van der Waals surface area (Å²) in [6.07, 6.45) is 2.13. The molecule has 5 rings (SSSR count). The lowest BCUT2D eigenvalue weighted by atomic mass is 9.96. The number of amides is 1. The van der Waals surface area contributed by atoms with Crippen molar-refractivity contribution in [2.24, 2.45) is 0 Å². The van der Waals surface area contributed by atoms with E-state index in [2.05, 4.69) is 10.1 Å². The Hall–Kier alpha value is -3.15. The van der Waals surface area contributed by atoms with Crippen molar-refractivity contribution in [3.8, 4) is 0 Å². The number of likely N-dealkylation sites (tertiary alicyclic amines) is 1. The van der Waals surface area contributed by atoms with Crippen LogP contribution in [0.15, 0.2) is 53.1 Å². The number of hydrogen-bond donors (Lipinski definition) is 1. The molecule has 6 nitrogen and oxygen atoms in total. The minimum atomic E-state index is 0.108. The van der Waals surface area contributed by atoms with Gasteiger partial charge in [0, 0.05) is 24.4 Å². The van der Waals surface area contributed by atoms with Crippen molar-refractivity contribution < 1.29 is 9.32 Å². The van der Waals surface area contributed by atoms with Gasteiger partial charge in [0.2, 0.25) is 5.91 Å². The lowest BCUT2D eigenvalue weighted by Crippen LogP contribution is -2.39. The smallest absolute Gasteiger partial charge is 0.228 e. The molecule has 2 aromatic carbocycles. The second kappa shape index (κ2) is 6.54. The molecular formula is C21H20N4O2. The van der Waals surface area contributed by atoms with Crippen LogP contribution < -0.4 is 0 Å². The molecule has 6 heteroatoms. The average Bonchev–Trinajstić information content (AvgIpc) is 3.32. The maximum atomic E-state index is 12.7. The van der Waals surface area contributed by atoms with E-state index in [1.165, 1.54) is 0 Å². The van der Waals surface area contributed by atoms with Crippen LogP contribution in [0.5, 0.6) is 0 Å². The number of H-pyrrole nitrogens is 1. The largest absolute Gasteiger partial charge is 0.356 e. The van der Waals surface area contributed by atoms with Crippen LogP contribution in [0.2, 0.25) is 0 Å². The van der Waals surface area contributed by atoms with E-state index in [9.17, 15) is 4.79 Å². The minimum absolute atomic E-state index is 0.108. The third-order valence-electron chi connectivity index (χ3n) is 5.41. The van der Waals surface area contributed by atoms with Gasteiger partial charge in [-0.05, 0) is 37.1 Å². The first-order valence-electron chi connectivity index (χ1n) is 9.33. The summed E-state index contributed by atoms with van der Waals surface area (Å²) >= 11 is 0. The summed E-state index contributed by atoms with van der Waals surface area (Å²) in [4.78, 5) is 22.8. The number of fused-ring (bicyclic) bond motifs is 2. The predicted octanol–water partition coefficient (Wildman–Crippen LogP) is 3.65. The molecule has 1 aliphatic heterocycles. The fourth-order valence-corrected chi connectivity index (χ4v) is 3.89. The van der Waals surface area contributed by atoms with Crippen molar-refractivity contribution in [1.82, 2.24) is 20.0 Å². The zero-order valence-electron chi connectivity index (χ0n) is 14.9. The van der Waals surface area contributed by atoms with Gasteiger partial charge < -0.3 is 14.4 Å². The van der Waals surface area contributed by atoms with Crippen molar-refractivity contribution in [2.45, 2.75) is 25.2 Å². The summed E-state index contributed by atoms with van der Waals surface area (Å²) in [5.41, 5.74) is 3.52. The number of imidazole rings is 1. The molecule has 1 saturated heterocycles. The van der Waals surface area contributed by atoms with E-state index in [0.717, 1.165) is 59.5 Å². The molecule has 1 fully saturated rings. The Morgan fingerprint density at radius 3 is 2.74 bits per heavy atom. The van der Waals surface area contributed by atoms with E-state index in [0.29, 0.717) is 5.92 Å². The molecule has 1 N–H and O–H groups in total. The van der Waals surface area contributed by atoms with Gasteiger partial charge in [0.25, 0.3) is 0 Å².